The molecular weight excluding hydrogens is 256 g/mol. The first-order valence-electron chi connectivity index (χ1n) is 6.92. The lowest BCUT2D eigenvalue weighted by atomic mass is 10.2. The smallest absolute Gasteiger partial charge is 0.232 e. The molecule has 19 heavy (non-hydrogen) atoms. The number of amides is 1. The number of rotatable bonds is 6. The Morgan fingerprint density at radius 1 is 1.47 bits per heavy atom. The van der Waals surface area contributed by atoms with Gasteiger partial charge in [0.05, 0.1) is 5.25 Å². The van der Waals surface area contributed by atoms with Crippen molar-refractivity contribution in [1.82, 2.24) is 10.6 Å². The van der Waals surface area contributed by atoms with E-state index in [2.05, 4.69) is 22.8 Å². The highest BCUT2D eigenvalue weighted by atomic mass is 32.2. The van der Waals surface area contributed by atoms with Crippen LogP contribution in [0.5, 0.6) is 0 Å². The van der Waals surface area contributed by atoms with E-state index < -0.39 is 0 Å². The van der Waals surface area contributed by atoms with Crippen LogP contribution in [-0.2, 0) is 10.5 Å². The van der Waals surface area contributed by atoms with Crippen LogP contribution in [0.1, 0.15) is 25.3 Å². The zero-order valence-electron chi connectivity index (χ0n) is 11.4. The van der Waals surface area contributed by atoms with Gasteiger partial charge in [-0.1, -0.05) is 30.3 Å². The Morgan fingerprint density at radius 3 is 2.95 bits per heavy atom. The summed E-state index contributed by atoms with van der Waals surface area (Å²) in [5, 5.41) is 6.43. The highest BCUT2D eigenvalue weighted by molar-refractivity contribution is 7.99. The first kappa shape index (κ1) is 14.4. The van der Waals surface area contributed by atoms with E-state index in [1.807, 2.05) is 25.1 Å². The standard InChI is InChI=1S/C15H22N2OS/c1-12(19-11-13-6-3-2-4-7-13)15(18)17-10-14-8-5-9-16-14/h2-4,6-7,12,14,16H,5,8-11H2,1H3,(H,17,18). The normalized spacial score (nSPS) is 20.2. The third-order valence-corrected chi connectivity index (χ3v) is 4.61. The molecule has 1 saturated heterocycles. The van der Waals surface area contributed by atoms with Gasteiger partial charge in [-0.25, -0.2) is 0 Å². The predicted molar refractivity (Wildman–Crippen MR) is 81.2 cm³/mol. The summed E-state index contributed by atoms with van der Waals surface area (Å²) in [4.78, 5) is 12.0. The lowest BCUT2D eigenvalue weighted by Gasteiger charge is -2.15. The van der Waals surface area contributed by atoms with E-state index >= 15 is 0 Å². The van der Waals surface area contributed by atoms with Crippen LogP contribution in [-0.4, -0.2) is 30.3 Å². The summed E-state index contributed by atoms with van der Waals surface area (Å²) < 4.78 is 0. The van der Waals surface area contributed by atoms with Crippen molar-refractivity contribution < 1.29 is 4.79 Å². The quantitative estimate of drug-likeness (QED) is 0.838. The van der Waals surface area contributed by atoms with Crippen molar-refractivity contribution >= 4 is 17.7 Å². The van der Waals surface area contributed by atoms with Crippen molar-refractivity contribution in [3.05, 3.63) is 35.9 Å². The monoisotopic (exact) mass is 278 g/mol. The fourth-order valence-electron chi connectivity index (χ4n) is 2.17. The molecule has 0 spiro atoms. The van der Waals surface area contributed by atoms with Gasteiger partial charge in [0.2, 0.25) is 5.91 Å². The van der Waals surface area contributed by atoms with E-state index in [0.717, 1.165) is 18.8 Å². The Labute approximate surface area is 119 Å². The van der Waals surface area contributed by atoms with E-state index in [1.54, 1.807) is 11.8 Å². The minimum atomic E-state index is 0.00149. The molecule has 2 unspecified atom stereocenters. The molecular formula is C15H22N2OS. The molecule has 2 atom stereocenters. The van der Waals surface area contributed by atoms with Gasteiger partial charge in [0, 0.05) is 18.3 Å². The van der Waals surface area contributed by atoms with Crippen LogP contribution in [0.2, 0.25) is 0 Å². The molecule has 3 nitrogen and oxygen atoms in total. The van der Waals surface area contributed by atoms with Crippen molar-refractivity contribution in [2.75, 3.05) is 13.1 Å². The van der Waals surface area contributed by atoms with E-state index in [9.17, 15) is 4.79 Å². The number of benzene rings is 1. The summed E-state index contributed by atoms with van der Waals surface area (Å²) in [6.07, 6.45) is 2.39. The molecule has 104 valence electrons. The summed E-state index contributed by atoms with van der Waals surface area (Å²) in [6.45, 7) is 3.82. The van der Waals surface area contributed by atoms with Crippen molar-refractivity contribution in [3.8, 4) is 0 Å². The zero-order chi connectivity index (χ0) is 13.5. The Hall–Kier alpha value is -1.00. The molecule has 0 radical (unpaired) electrons. The maximum atomic E-state index is 12.0. The fourth-order valence-corrected chi connectivity index (χ4v) is 3.04. The second kappa shape index (κ2) is 7.56. The molecule has 1 aromatic rings. The van der Waals surface area contributed by atoms with E-state index in [0.29, 0.717) is 6.04 Å². The Morgan fingerprint density at radius 2 is 2.26 bits per heavy atom. The van der Waals surface area contributed by atoms with Crippen molar-refractivity contribution in [1.29, 1.82) is 0 Å². The molecule has 1 heterocycles. The van der Waals surface area contributed by atoms with Gasteiger partial charge in [-0.15, -0.1) is 11.8 Å². The summed E-state index contributed by atoms with van der Waals surface area (Å²) in [5.41, 5.74) is 1.27. The van der Waals surface area contributed by atoms with Gasteiger partial charge in [-0.2, -0.15) is 0 Å². The van der Waals surface area contributed by atoms with Crippen LogP contribution in [0.25, 0.3) is 0 Å². The van der Waals surface area contributed by atoms with Gasteiger partial charge >= 0.3 is 0 Å². The molecule has 0 aliphatic carbocycles. The lowest BCUT2D eigenvalue weighted by Crippen LogP contribution is -2.40. The van der Waals surface area contributed by atoms with Gasteiger partial charge in [-0.3, -0.25) is 4.79 Å². The van der Waals surface area contributed by atoms with Crippen molar-refractivity contribution in [2.45, 2.75) is 36.8 Å². The number of carbonyl (C=O) groups excluding carboxylic acids is 1. The van der Waals surface area contributed by atoms with Crippen LogP contribution in [0.4, 0.5) is 0 Å². The molecule has 0 aromatic heterocycles. The van der Waals surface area contributed by atoms with E-state index in [-0.39, 0.29) is 11.2 Å². The second-order valence-corrected chi connectivity index (χ2v) is 6.31. The fraction of sp³-hybridized carbons (Fsp3) is 0.533. The molecule has 1 amide bonds. The Balaban J connectivity index is 1.67. The molecule has 2 rings (SSSR count). The topological polar surface area (TPSA) is 41.1 Å². The molecule has 0 bridgehead atoms. The van der Waals surface area contributed by atoms with E-state index in [4.69, 9.17) is 0 Å². The molecule has 1 fully saturated rings. The summed E-state index contributed by atoms with van der Waals surface area (Å²) in [7, 11) is 0. The minimum Gasteiger partial charge on any atom is -0.354 e. The van der Waals surface area contributed by atoms with E-state index in [1.165, 1.54) is 18.4 Å². The Kier molecular flexibility index (Phi) is 5.73. The zero-order valence-corrected chi connectivity index (χ0v) is 12.2. The average molecular weight is 278 g/mol. The van der Waals surface area contributed by atoms with Crippen LogP contribution in [0, 0.1) is 0 Å². The highest BCUT2D eigenvalue weighted by Crippen LogP contribution is 2.17. The molecule has 2 N–H and O–H groups in total. The van der Waals surface area contributed by atoms with Gasteiger partial charge in [-0.05, 0) is 31.9 Å². The first-order valence-corrected chi connectivity index (χ1v) is 7.97. The third kappa shape index (κ3) is 4.88. The van der Waals surface area contributed by atoms with Gasteiger partial charge < -0.3 is 10.6 Å². The maximum Gasteiger partial charge on any atom is 0.232 e. The Bertz CT molecular complexity index is 390. The minimum absolute atomic E-state index is 0.00149. The molecule has 1 aliphatic rings. The van der Waals surface area contributed by atoms with Gasteiger partial charge in [0.1, 0.15) is 0 Å². The largest absolute Gasteiger partial charge is 0.354 e. The van der Waals surface area contributed by atoms with Crippen LogP contribution < -0.4 is 10.6 Å². The SMILES string of the molecule is CC(SCc1ccccc1)C(=O)NCC1CCCN1. The highest BCUT2D eigenvalue weighted by Gasteiger charge is 2.17. The maximum absolute atomic E-state index is 12.0. The number of hydrogen-bond acceptors (Lipinski definition) is 3. The lowest BCUT2D eigenvalue weighted by molar-refractivity contribution is -0.120. The summed E-state index contributed by atoms with van der Waals surface area (Å²) in [6, 6.07) is 10.7. The summed E-state index contributed by atoms with van der Waals surface area (Å²) >= 11 is 1.69. The number of nitrogens with one attached hydrogen (secondary N) is 2. The van der Waals surface area contributed by atoms with Gasteiger partial charge in [0.25, 0.3) is 0 Å². The number of hydrogen-bond donors (Lipinski definition) is 2. The number of thioether (sulfide) groups is 1. The molecule has 1 aliphatic heterocycles. The predicted octanol–water partition coefficient (Wildman–Crippen LogP) is 2.18. The van der Waals surface area contributed by atoms with Crippen molar-refractivity contribution in [2.24, 2.45) is 0 Å². The summed E-state index contributed by atoms with van der Waals surface area (Å²) in [5.74, 6) is 1.03. The number of carbonyl (C=O) groups is 1. The third-order valence-electron chi connectivity index (χ3n) is 3.40. The van der Waals surface area contributed by atoms with Crippen LogP contribution in [0.15, 0.2) is 30.3 Å². The van der Waals surface area contributed by atoms with Crippen molar-refractivity contribution in [3.63, 3.8) is 0 Å². The van der Waals surface area contributed by atoms with Gasteiger partial charge in [0.15, 0.2) is 0 Å². The average Bonchev–Trinajstić information content (AvgIpc) is 2.96. The molecule has 4 heteroatoms. The molecule has 0 saturated carbocycles. The van der Waals surface area contributed by atoms with Crippen LogP contribution in [0.3, 0.4) is 0 Å². The first-order chi connectivity index (χ1) is 9.25. The second-order valence-electron chi connectivity index (χ2n) is 4.98. The molecule has 1 aromatic carbocycles. The van der Waals surface area contributed by atoms with Crippen LogP contribution >= 0.6 is 11.8 Å².